The number of likely N-dealkylation sites (tertiary alicyclic amines) is 1. The summed E-state index contributed by atoms with van der Waals surface area (Å²) in [5.74, 6) is 1.93. The van der Waals surface area contributed by atoms with Crippen molar-refractivity contribution in [3.05, 3.63) is 0 Å². The molecule has 1 aliphatic heterocycles. The Kier molecular flexibility index (Phi) is 2.60. The molecule has 2 rings (SSSR count). The number of carbonyl (C=O) groups excluding carboxylic acids is 1. The van der Waals surface area contributed by atoms with Gasteiger partial charge in [0.2, 0.25) is 5.91 Å². The maximum absolute atomic E-state index is 12.1. The largest absolute Gasteiger partial charge is 0.342 e. The van der Waals surface area contributed by atoms with Crippen molar-refractivity contribution in [3.8, 4) is 0 Å². The molecule has 92 valence electrons. The lowest BCUT2D eigenvalue weighted by molar-refractivity contribution is -0.133. The molecule has 2 nitrogen and oxygen atoms in total. The maximum atomic E-state index is 12.1. The molecule has 2 atom stereocenters. The van der Waals surface area contributed by atoms with Crippen molar-refractivity contribution < 1.29 is 4.79 Å². The highest BCUT2D eigenvalue weighted by Crippen LogP contribution is 2.62. The van der Waals surface area contributed by atoms with Crippen molar-refractivity contribution in [2.45, 2.75) is 47.5 Å². The summed E-state index contributed by atoms with van der Waals surface area (Å²) in [6, 6.07) is 0. The molecular weight excluding hydrogens is 198 g/mol. The second-order valence-corrected chi connectivity index (χ2v) is 7.03. The molecule has 0 spiro atoms. The molecule has 0 N–H and O–H groups in total. The van der Waals surface area contributed by atoms with Crippen LogP contribution in [0.1, 0.15) is 47.5 Å². The molecule has 2 aliphatic rings. The van der Waals surface area contributed by atoms with Crippen LogP contribution in [0.5, 0.6) is 0 Å². The van der Waals surface area contributed by atoms with Crippen LogP contribution < -0.4 is 0 Å². The number of piperidine rings is 1. The van der Waals surface area contributed by atoms with E-state index in [4.69, 9.17) is 0 Å². The van der Waals surface area contributed by atoms with Crippen LogP contribution in [0.15, 0.2) is 0 Å². The Morgan fingerprint density at radius 1 is 1.31 bits per heavy atom. The number of amides is 1. The van der Waals surface area contributed by atoms with Crippen molar-refractivity contribution in [3.63, 3.8) is 0 Å². The molecule has 2 fully saturated rings. The van der Waals surface area contributed by atoms with Gasteiger partial charge in [-0.25, -0.2) is 0 Å². The molecule has 2 unspecified atom stereocenters. The summed E-state index contributed by atoms with van der Waals surface area (Å²) in [4.78, 5) is 14.2. The van der Waals surface area contributed by atoms with Crippen molar-refractivity contribution in [1.29, 1.82) is 0 Å². The van der Waals surface area contributed by atoms with Gasteiger partial charge in [-0.05, 0) is 22.7 Å². The summed E-state index contributed by atoms with van der Waals surface area (Å²) in [5.41, 5.74) is 0.677. The van der Waals surface area contributed by atoms with E-state index in [1.54, 1.807) is 0 Å². The fraction of sp³-hybridized carbons (Fsp3) is 0.929. The number of carbonyl (C=O) groups is 1. The van der Waals surface area contributed by atoms with E-state index in [1.165, 1.54) is 0 Å². The van der Waals surface area contributed by atoms with Crippen LogP contribution in [0, 0.1) is 22.7 Å². The van der Waals surface area contributed by atoms with Gasteiger partial charge in [0.1, 0.15) is 0 Å². The maximum Gasteiger partial charge on any atom is 0.223 e. The highest BCUT2D eigenvalue weighted by molar-refractivity contribution is 5.77. The fourth-order valence-corrected chi connectivity index (χ4v) is 2.98. The van der Waals surface area contributed by atoms with Gasteiger partial charge in [-0.3, -0.25) is 4.79 Å². The molecule has 0 aromatic rings. The Morgan fingerprint density at radius 2 is 1.81 bits per heavy atom. The van der Waals surface area contributed by atoms with Crippen LogP contribution in [-0.2, 0) is 4.79 Å². The summed E-state index contributed by atoms with van der Waals surface area (Å²) in [6.07, 6.45) is 1.79. The molecule has 1 heterocycles. The second-order valence-electron chi connectivity index (χ2n) is 7.03. The topological polar surface area (TPSA) is 20.3 Å². The Balaban J connectivity index is 1.86. The van der Waals surface area contributed by atoms with Crippen molar-refractivity contribution >= 4 is 5.91 Å². The second kappa shape index (κ2) is 3.48. The Bertz CT molecular complexity index is 292. The summed E-state index contributed by atoms with van der Waals surface area (Å²) < 4.78 is 0. The summed E-state index contributed by atoms with van der Waals surface area (Å²) >= 11 is 0. The third-order valence-electron chi connectivity index (χ3n) is 5.06. The standard InChI is InChI=1S/C14H25NO/c1-6-13(2,3)7-12(16)15-8-10-11(9-15)14(10,4)5/h10-11H,6-9H2,1-5H3. The first-order valence-electron chi connectivity index (χ1n) is 6.56. The number of fused-ring (bicyclic) bond motifs is 1. The first kappa shape index (κ1) is 11.9. The lowest BCUT2D eigenvalue weighted by Crippen LogP contribution is -2.35. The van der Waals surface area contributed by atoms with E-state index in [0.717, 1.165) is 31.3 Å². The van der Waals surface area contributed by atoms with E-state index in [9.17, 15) is 4.79 Å². The molecule has 0 aromatic carbocycles. The molecule has 0 bridgehead atoms. The van der Waals surface area contributed by atoms with Gasteiger partial charge in [-0.15, -0.1) is 0 Å². The van der Waals surface area contributed by atoms with E-state index < -0.39 is 0 Å². The van der Waals surface area contributed by atoms with E-state index in [1.807, 2.05) is 0 Å². The third-order valence-corrected chi connectivity index (χ3v) is 5.06. The van der Waals surface area contributed by atoms with Crippen LogP contribution in [0.2, 0.25) is 0 Å². The molecule has 1 amide bonds. The summed E-state index contributed by atoms with van der Waals surface area (Å²) in [7, 11) is 0. The zero-order chi connectivity index (χ0) is 12.1. The average molecular weight is 223 g/mol. The number of rotatable bonds is 3. The van der Waals surface area contributed by atoms with Gasteiger partial charge >= 0.3 is 0 Å². The number of hydrogen-bond donors (Lipinski definition) is 0. The molecule has 0 aromatic heterocycles. The zero-order valence-corrected chi connectivity index (χ0v) is 11.3. The van der Waals surface area contributed by atoms with Crippen LogP contribution in [0.3, 0.4) is 0 Å². The minimum absolute atomic E-state index is 0.166. The first-order valence-corrected chi connectivity index (χ1v) is 6.56. The van der Waals surface area contributed by atoms with Crippen molar-refractivity contribution in [2.24, 2.45) is 22.7 Å². The van der Waals surface area contributed by atoms with Crippen LogP contribution >= 0.6 is 0 Å². The third kappa shape index (κ3) is 1.87. The lowest BCUT2D eigenvalue weighted by Gasteiger charge is -2.27. The van der Waals surface area contributed by atoms with E-state index in [-0.39, 0.29) is 5.41 Å². The first-order chi connectivity index (χ1) is 7.28. The molecule has 0 radical (unpaired) electrons. The van der Waals surface area contributed by atoms with Crippen molar-refractivity contribution in [1.82, 2.24) is 4.90 Å². The SMILES string of the molecule is CCC(C)(C)CC(=O)N1CC2C(C1)C2(C)C. The Hall–Kier alpha value is -0.530. The predicted octanol–water partition coefficient (Wildman–Crippen LogP) is 2.93. The molecular formula is C14H25NO. The summed E-state index contributed by atoms with van der Waals surface area (Å²) in [5, 5.41) is 0. The molecule has 1 saturated heterocycles. The van der Waals surface area contributed by atoms with Gasteiger partial charge in [-0.1, -0.05) is 41.0 Å². The number of nitrogens with zero attached hydrogens (tertiary/aromatic N) is 1. The zero-order valence-electron chi connectivity index (χ0n) is 11.3. The lowest BCUT2D eigenvalue weighted by atomic mass is 9.86. The highest BCUT2D eigenvalue weighted by Gasteiger charge is 2.62. The fourth-order valence-electron chi connectivity index (χ4n) is 2.98. The average Bonchev–Trinajstić information content (AvgIpc) is 2.61. The van der Waals surface area contributed by atoms with Crippen LogP contribution in [0.25, 0.3) is 0 Å². The predicted molar refractivity (Wildman–Crippen MR) is 66.0 cm³/mol. The van der Waals surface area contributed by atoms with Gasteiger partial charge in [0.05, 0.1) is 0 Å². The molecule has 16 heavy (non-hydrogen) atoms. The smallest absolute Gasteiger partial charge is 0.223 e. The van der Waals surface area contributed by atoms with E-state index in [0.29, 0.717) is 17.7 Å². The van der Waals surface area contributed by atoms with Crippen molar-refractivity contribution in [2.75, 3.05) is 13.1 Å². The van der Waals surface area contributed by atoms with Gasteiger partial charge in [0.25, 0.3) is 0 Å². The van der Waals surface area contributed by atoms with E-state index in [2.05, 4.69) is 39.5 Å². The summed E-state index contributed by atoms with van der Waals surface area (Å²) in [6.45, 7) is 13.2. The van der Waals surface area contributed by atoms with Crippen LogP contribution in [-0.4, -0.2) is 23.9 Å². The van der Waals surface area contributed by atoms with Gasteiger partial charge in [-0.2, -0.15) is 0 Å². The molecule has 1 aliphatic carbocycles. The molecule has 2 heteroatoms. The van der Waals surface area contributed by atoms with Gasteiger partial charge in [0, 0.05) is 19.5 Å². The minimum Gasteiger partial charge on any atom is -0.342 e. The minimum atomic E-state index is 0.166. The highest BCUT2D eigenvalue weighted by atomic mass is 16.2. The monoisotopic (exact) mass is 223 g/mol. The quantitative estimate of drug-likeness (QED) is 0.720. The van der Waals surface area contributed by atoms with Gasteiger partial charge in [0.15, 0.2) is 0 Å². The van der Waals surface area contributed by atoms with E-state index >= 15 is 0 Å². The molecule has 1 saturated carbocycles. The van der Waals surface area contributed by atoms with Crippen LogP contribution in [0.4, 0.5) is 0 Å². The normalized spacial score (nSPS) is 31.4. The van der Waals surface area contributed by atoms with Gasteiger partial charge < -0.3 is 4.90 Å². The number of hydrogen-bond acceptors (Lipinski definition) is 1. The Morgan fingerprint density at radius 3 is 2.25 bits per heavy atom. The Labute approximate surface area is 99.4 Å².